The summed E-state index contributed by atoms with van der Waals surface area (Å²) in [5.74, 6) is 0.314. The summed E-state index contributed by atoms with van der Waals surface area (Å²) in [6, 6.07) is 0.507. The molecular weight excluding hydrogens is 336 g/mol. The molecule has 0 unspecified atom stereocenters. The highest BCUT2D eigenvalue weighted by Gasteiger charge is 2.31. The summed E-state index contributed by atoms with van der Waals surface area (Å²) in [4.78, 5) is 25.4. The molecule has 1 aromatic heterocycles. The minimum atomic E-state index is 0.314. The molecular formula is C18H28N4O2S. The number of amides is 1. The van der Waals surface area contributed by atoms with Gasteiger partial charge in [0.25, 0.3) is 0 Å². The molecule has 6 nitrogen and oxygen atoms in total. The summed E-state index contributed by atoms with van der Waals surface area (Å²) < 4.78 is 5.43. The molecule has 7 heteroatoms. The van der Waals surface area contributed by atoms with Gasteiger partial charge >= 0.3 is 0 Å². The van der Waals surface area contributed by atoms with Crippen molar-refractivity contribution in [2.45, 2.75) is 45.2 Å². The number of ether oxygens (including phenoxy) is 1. The van der Waals surface area contributed by atoms with Gasteiger partial charge in [0.1, 0.15) is 0 Å². The van der Waals surface area contributed by atoms with E-state index >= 15 is 0 Å². The summed E-state index contributed by atoms with van der Waals surface area (Å²) in [6.45, 7) is 8.77. The fourth-order valence-corrected chi connectivity index (χ4v) is 5.28. The van der Waals surface area contributed by atoms with Crippen molar-refractivity contribution in [3.63, 3.8) is 0 Å². The van der Waals surface area contributed by atoms with Crippen molar-refractivity contribution in [1.82, 2.24) is 14.8 Å². The van der Waals surface area contributed by atoms with Crippen LogP contribution in [-0.2, 0) is 16.1 Å². The van der Waals surface area contributed by atoms with Crippen LogP contribution in [0.15, 0.2) is 0 Å². The van der Waals surface area contributed by atoms with Crippen molar-refractivity contribution in [2.75, 3.05) is 50.8 Å². The molecule has 2 saturated heterocycles. The van der Waals surface area contributed by atoms with Crippen molar-refractivity contribution < 1.29 is 9.53 Å². The zero-order valence-corrected chi connectivity index (χ0v) is 15.9. The topological polar surface area (TPSA) is 48.9 Å². The van der Waals surface area contributed by atoms with Crippen LogP contribution in [0.25, 0.3) is 0 Å². The van der Waals surface area contributed by atoms with Crippen molar-refractivity contribution in [1.29, 1.82) is 0 Å². The predicted molar refractivity (Wildman–Crippen MR) is 99.1 cm³/mol. The van der Waals surface area contributed by atoms with Crippen LogP contribution in [0.5, 0.6) is 0 Å². The quantitative estimate of drug-likeness (QED) is 0.816. The number of thiazole rings is 1. The number of aryl methyl sites for hydroxylation is 1. The Morgan fingerprint density at radius 1 is 1.16 bits per heavy atom. The van der Waals surface area contributed by atoms with E-state index < -0.39 is 0 Å². The zero-order valence-electron chi connectivity index (χ0n) is 15.1. The molecule has 0 radical (unpaired) electrons. The van der Waals surface area contributed by atoms with Gasteiger partial charge in [0.05, 0.1) is 25.5 Å². The third-order valence-corrected chi connectivity index (χ3v) is 6.83. The predicted octanol–water partition coefficient (Wildman–Crippen LogP) is 1.87. The maximum Gasteiger partial charge on any atom is 0.237 e. The molecule has 0 aromatic carbocycles. The fraction of sp³-hybridized carbons (Fsp3) is 0.778. The largest absolute Gasteiger partial charge is 0.378 e. The number of anilines is 1. The Bertz CT molecular complexity index is 608. The van der Waals surface area contributed by atoms with Crippen LogP contribution in [0.2, 0.25) is 0 Å². The van der Waals surface area contributed by atoms with E-state index in [2.05, 4.69) is 21.6 Å². The molecule has 0 bridgehead atoms. The van der Waals surface area contributed by atoms with Gasteiger partial charge in [-0.1, -0.05) is 12.8 Å². The normalized spacial score (nSPS) is 23.6. The van der Waals surface area contributed by atoms with Crippen LogP contribution in [0.1, 0.15) is 36.3 Å². The van der Waals surface area contributed by atoms with E-state index in [1.165, 1.54) is 30.6 Å². The summed E-state index contributed by atoms with van der Waals surface area (Å²) in [7, 11) is 0. The first-order chi connectivity index (χ1) is 12.2. The van der Waals surface area contributed by atoms with Gasteiger partial charge in [0.2, 0.25) is 5.91 Å². The first-order valence-corrected chi connectivity index (χ1v) is 10.3. The summed E-state index contributed by atoms with van der Waals surface area (Å²) >= 11 is 1.78. The van der Waals surface area contributed by atoms with Crippen molar-refractivity contribution in [3.8, 4) is 0 Å². The second kappa shape index (κ2) is 7.60. The van der Waals surface area contributed by atoms with Gasteiger partial charge in [-0.15, -0.1) is 11.3 Å². The first kappa shape index (κ1) is 17.2. The van der Waals surface area contributed by atoms with Crippen LogP contribution in [0.3, 0.4) is 0 Å². The number of carbonyl (C=O) groups is 1. The number of piperazine rings is 1. The van der Waals surface area contributed by atoms with Crippen LogP contribution in [0.4, 0.5) is 5.13 Å². The number of hydrogen-bond acceptors (Lipinski definition) is 6. The third kappa shape index (κ3) is 3.83. The van der Waals surface area contributed by atoms with Crippen LogP contribution in [-0.4, -0.2) is 72.7 Å². The van der Waals surface area contributed by atoms with E-state index in [1.807, 2.05) is 0 Å². The maximum absolute atomic E-state index is 12.6. The lowest BCUT2D eigenvalue weighted by Crippen LogP contribution is -2.53. The molecule has 0 spiro atoms. The minimum Gasteiger partial charge on any atom is -0.378 e. The summed E-state index contributed by atoms with van der Waals surface area (Å²) in [6.07, 6.45) is 4.95. The maximum atomic E-state index is 12.6. The average Bonchev–Trinajstić information content (AvgIpc) is 3.27. The molecule has 2 aliphatic heterocycles. The van der Waals surface area contributed by atoms with Crippen molar-refractivity contribution in [2.24, 2.45) is 0 Å². The molecule has 4 rings (SSSR count). The standard InChI is InChI=1S/C18H28N4O2S/c1-14-16(25-18(19-14)21-8-10-24-11-9-21)12-20-6-7-22(17(23)13-20)15-4-2-3-5-15/h15H,2-13H2,1H3. The second-order valence-electron chi connectivity index (χ2n) is 7.34. The van der Waals surface area contributed by atoms with Gasteiger partial charge in [-0.3, -0.25) is 9.69 Å². The lowest BCUT2D eigenvalue weighted by atomic mass is 10.1. The number of hydrogen-bond donors (Lipinski definition) is 0. The molecule has 0 N–H and O–H groups in total. The van der Waals surface area contributed by atoms with Gasteiger partial charge < -0.3 is 14.5 Å². The lowest BCUT2D eigenvalue weighted by Gasteiger charge is -2.37. The van der Waals surface area contributed by atoms with E-state index in [9.17, 15) is 4.79 Å². The Kier molecular flexibility index (Phi) is 5.24. The second-order valence-corrected chi connectivity index (χ2v) is 8.40. The molecule has 3 fully saturated rings. The first-order valence-electron chi connectivity index (χ1n) is 9.51. The molecule has 138 valence electrons. The van der Waals surface area contributed by atoms with Crippen LogP contribution in [0, 0.1) is 6.92 Å². The van der Waals surface area contributed by atoms with E-state index in [4.69, 9.17) is 9.72 Å². The van der Waals surface area contributed by atoms with Gasteiger partial charge in [-0.05, 0) is 19.8 Å². The SMILES string of the molecule is Cc1nc(N2CCOCC2)sc1CN1CCN(C2CCCC2)C(=O)C1. The van der Waals surface area contributed by atoms with E-state index in [1.54, 1.807) is 11.3 Å². The van der Waals surface area contributed by atoms with Gasteiger partial charge in [-0.25, -0.2) is 4.98 Å². The molecule has 1 aromatic rings. The molecule has 1 saturated carbocycles. The Balaban J connectivity index is 1.36. The average molecular weight is 365 g/mol. The van der Waals surface area contributed by atoms with Crippen LogP contribution < -0.4 is 4.90 Å². The van der Waals surface area contributed by atoms with Crippen LogP contribution >= 0.6 is 11.3 Å². The van der Waals surface area contributed by atoms with E-state index in [0.717, 1.165) is 56.8 Å². The molecule has 3 aliphatic rings. The number of aromatic nitrogens is 1. The van der Waals surface area contributed by atoms with Gasteiger partial charge in [0.15, 0.2) is 5.13 Å². The monoisotopic (exact) mass is 364 g/mol. The Labute approximate surface area is 153 Å². The van der Waals surface area contributed by atoms with E-state index in [0.29, 0.717) is 18.5 Å². The third-order valence-electron chi connectivity index (χ3n) is 5.63. The Morgan fingerprint density at radius 2 is 1.92 bits per heavy atom. The zero-order chi connectivity index (χ0) is 17.2. The highest BCUT2D eigenvalue weighted by molar-refractivity contribution is 7.15. The van der Waals surface area contributed by atoms with E-state index in [-0.39, 0.29) is 0 Å². The van der Waals surface area contributed by atoms with Crippen molar-refractivity contribution in [3.05, 3.63) is 10.6 Å². The Hall–Kier alpha value is -1.18. The van der Waals surface area contributed by atoms with Crippen molar-refractivity contribution >= 4 is 22.4 Å². The molecule has 0 atom stereocenters. The lowest BCUT2D eigenvalue weighted by molar-refractivity contribution is -0.138. The highest BCUT2D eigenvalue weighted by Crippen LogP contribution is 2.29. The molecule has 1 aliphatic carbocycles. The minimum absolute atomic E-state index is 0.314. The molecule has 1 amide bonds. The molecule has 3 heterocycles. The Morgan fingerprint density at radius 3 is 2.64 bits per heavy atom. The number of nitrogens with zero attached hydrogens (tertiary/aromatic N) is 4. The summed E-state index contributed by atoms with van der Waals surface area (Å²) in [5, 5.41) is 1.10. The smallest absolute Gasteiger partial charge is 0.237 e. The number of morpholine rings is 1. The summed E-state index contributed by atoms with van der Waals surface area (Å²) in [5.41, 5.74) is 1.11. The number of carbonyl (C=O) groups excluding carboxylic acids is 1. The fourth-order valence-electron chi connectivity index (χ4n) is 4.12. The highest BCUT2D eigenvalue weighted by atomic mass is 32.1. The van der Waals surface area contributed by atoms with Gasteiger partial charge in [0, 0.05) is 43.6 Å². The number of rotatable bonds is 4. The van der Waals surface area contributed by atoms with Gasteiger partial charge in [-0.2, -0.15) is 0 Å². The molecule has 25 heavy (non-hydrogen) atoms.